The predicted molar refractivity (Wildman–Crippen MR) is 117 cm³/mol. The Bertz CT molecular complexity index is 1130. The maximum Gasteiger partial charge on any atom is 0.290 e. The van der Waals surface area contributed by atoms with Gasteiger partial charge in [-0.15, -0.1) is 0 Å². The highest BCUT2D eigenvalue weighted by atomic mass is 16.3. The summed E-state index contributed by atoms with van der Waals surface area (Å²) in [7, 11) is 0. The van der Waals surface area contributed by atoms with Crippen molar-refractivity contribution in [2.45, 2.75) is 25.7 Å². The number of amidine groups is 1. The molecule has 8 nitrogen and oxygen atoms in total. The van der Waals surface area contributed by atoms with Gasteiger partial charge in [-0.1, -0.05) is 29.8 Å². The van der Waals surface area contributed by atoms with E-state index in [1.54, 1.807) is 4.90 Å². The van der Waals surface area contributed by atoms with Gasteiger partial charge in [-0.2, -0.15) is 0 Å². The molecule has 3 heterocycles. The van der Waals surface area contributed by atoms with Crippen molar-refractivity contribution in [3.05, 3.63) is 60.0 Å². The topological polar surface area (TPSA) is 91.0 Å². The van der Waals surface area contributed by atoms with Crippen LogP contribution in [0.25, 0.3) is 11.1 Å². The van der Waals surface area contributed by atoms with Crippen LogP contribution in [-0.2, 0) is 9.59 Å². The van der Waals surface area contributed by atoms with Crippen LogP contribution in [0.5, 0.6) is 0 Å². The summed E-state index contributed by atoms with van der Waals surface area (Å²) in [6.45, 7) is 3.10. The van der Waals surface area contributed by atoms with E-state index in [1.165, 1.54) is 5.01 Å². The van der Waals surface area contributed by atoms with Crippen LogP contribution in [0.2, 0.25) is 0 Å². The molecule has 2 aliphatic heterocycles. The third kappa shape index (κ3) is 3.76. The van der Waals surface area contributed by atoms with Gasteiger partial charge in [0.1, 0.15) is 12.1 Å². The number of hydrazine groups is 1. The maximum absolute atomic E-state index is 13.0. The fourth-order valence-electron chi connectivity index (χ4n) is 3.98. The number of nitrogens with zero attached hydrogens (tertiary/aromatic N) is 4. The van der Waals surface area contributed by atoms with Crippen LogP contribution in [0, 0.1) is 6.92 Å². The van der Waals surface area contributed by atoms with Crippen LogP contribution in [0.15, 0.2) is 57.9 Å². The van der Waals surface area contributed by atoms with E-state index >= 15 is 0 Å². The van der Waals surface area contributed by atoms with Crippen molar-refractivity contribution in [1.29, 1.82) is 0 Å². The number of para-hydroxylation sites is 2. The number of oxazole rings is 1. The SMILES string of the molecule is Cc1ccc(N2NC(C(=O)N3CCC(c4nc5ccccc5o4)CC3)=NCC2=O)cc1. The number of fused-ring (bicyclic) bond motifs is 1. The molecule has 0 radical (unpaired) electrons. The third-order valence-corrected chi connectivity index (χ3v) is 5.78. The fourth-order valence-corrected chi connectivity index (χ4v) is 3.98. The summed E-state index contributed by atoms with van der Waals surface area (Å²) in [5, 5.41) is 1.39. The van der Waals surface area contributed by atoms with Crippen LogP contribution in [0.4, 0.5) is 5.69 Å². The molecule has 0 aliphatic carbocycles. The van der Waals surface area contributed by atoms with Crippen molar-refractivity contribution in [1.82, 2.24) is 15.3 Å². The molecule has 1 aromatic heterocycles. The molecule has 2 amide bonds. The van der Waals surface area contributed by atoms with Gasteiger partial charge in [0.2, 0.25) is 5.84 Å². The Hall–Kier alpha value is -3.68. The van der Waals surface area contributed by atoms with E-state index < -0.39 is 0 Å². The first-order chi connectivity index (χ1) is 15.1. The van der Waals surface area contributed by atoms with Gasteiger partial charge < -0.3 is 9.32 Å². The van der Waals surface area contributed by atoms with Gasteiger partial charge in [0, 0.05) is 19.0 Å². The van der Waals surface area contributed by atoms with Crippen molar-refractivity contribution in [2.24, 2.45) is 4.99 Å². The van der Waals surface area contributed by atoms with Gasteiger partial charge in [-0.25, -0.2) is 9.99 Å². The Morgan fingerprint density at radius 2 is 1.84 bits per heavy atom. The first kappa shape index (κ1) is 19.3. The lowest BCUT2D eigenvalue weighted by molar-refractivity contribution is -0.125. The minimum atomic E-state index is -0.199. The Kier molecular flexibility index (Phi) is 4.89. The standard InChI is InChI=1S/C23H23N5O3/c1-15-6-8-17(9-7-15)28-20(29)14-24-21(26-28)23(30)27-12-10-16(11-13-27)22-25-18-4-2-3-5-19(18)31-22/h2-9,16H,10-14H2,1H3,(H,24,26). The second-order valence-electron chi connectivity index (χ2n) is 7.93. The summed E-state index contributed by atoms with van der Waals surface area (Å²) in [6, 6.07) is 15.3. The highest BCUT2D eigenvalue weighted by molar-refractivity contribution is 6.39. The molecule has 0 bridgehead atoms. The molecule has 1 N–H and O–H groups in total. The second-order valence-corrected chi connectivity index (χ2v) is 7.93. The highest BCUT2D eigenvalue weighted by Gasteiger charge is 2.32. The average molecular weight is 417 g/mol. The first-order valence-electron chi connectivity index (χ1n) is 10.4. The molecule has 0 spiro atoms. The van der Waals surface area contributed by atoms with E-state index in [9.17, 15) is 9.59 Å². The highest BCUT2D eigenvalue weighted by Crippen LogP contribution is 2.30. The number of aromatic nitrogens is 1. The van der Waals surface area contributed by atoms with Gasteiger partial charge in [-0.05, 0) is 44.0 Å². The molecule has 31 heavy (non-hydrogen) atoms. The molecule has 0 saturated carbocycles. The Morgan fingerprint density at radius 1 is 1.10 bits per heavy atom. The number of nitrogens with one attached hydrogen (secondary N) is 1. The van der Waals surface area contributed by atoms with E-state index in [0.29, 0.717) is 18.8 Å². The average Bonchev–Trinajstić information content (AvgIpc) is 3.24. The normalized spacial score (nSPS) is 17.6. The summed E-state index contributed by atoms with van der Waals surface area (Å²) in [5.74, 6) is 0.720. The lowest BCUT2D eigenvalue weighted by Gasteiger charge is -2.33. The number of carbonyl (C=O) groups is 2. The fraction of sp³-hybridized carbons (Fsp3) is 0.304. The quantitative estimate of drug-likeness (QED) is 0.708. The molecule has 2 aromatic carbocycles. The number of hydrogen-bond acceptors (Lipinski definition) is 6. The Balaban J connectivity index is 1.24. The van der Waals surface area contributed by atoms with Crippen molar-refractivity contribution in [2.75, 3.05) is 24.6 Å². The lowest BCUT2D eigenvalue weighted by Crippen LogP contribution is -2.57. The van der Waals surface area contributed by atoms with Crippen LogP contribution >= 0.6 is 0 Å². The lowest BCUT2D eigenvalue weighted by atomic mass is 9.96. The molecule has 158 valence electrons. The molecule has 5 rings (SSSR count). The zero-order chi connectivity index (χ0) is 21.4. The van der Waals surface area contributed by atoms with Gasteiger partial charge in [0.25, 0.3) is 11.8 Å². The number of hydrogen-bond donors (Lipinski definition) is 1. The van der Waals surface area contributed by atoms with E-state index in [2.05, 4.69) is 15.4 Å². The number of rotatable bonds is 3. The van der Waals surface area contributed by atoms with Crippen molar-refractivity contribution in [3.63, 3.8) is 0 Å². The number of aryl methyl sites for hydroxylation is 1. The first-order valence-corrected chi connectivity index (χ1v) is 10.4. The van der Waals surface area contributed by atoms with Crippen LogP contribution in [-0.4, -0.2) is 47.2 Å². The molecule has 1 fully saturated rings. The number of carbonyl (C=O) groups excluding carboxylic acids is 2. The second kappa shape index (κ2) is 7.86. The molecule has 0 unspecified atom stereocenters. The summed E-state index contributed by atoms with van der Waals surface area (Å²) >= 11 is 0. The van der Waals surface area contributed by atoms with E-state index in [-0.39, 0.29) is 30.1 Å². The van der Waals surface area contributed by atoms with Gasteiger partial charge >= 0.3 is 0 Å². The Morgan fingerprint density at radius 3 is 2.58 bits per heavy atom. The molecule has 1 saturated heterocycles. The van der Waals surface area contributed by atoms with Crippen LogP contribution in [0.1, 0.15) is 30.2 Å². The number of anilines is 1. The number of aliphatic imine (C=N–C) groups is 1. The molecule has 3 aromatic rings. The molecule has 8 heteroatoms. The van der Waals surface area contributed by atoms with E-state index in [4.69, 9.17) is 4.42 Å². The van der Waals surface area contributed by atoms with Crippen LogP contribution in [0.3, 0.4) is 0 Å². The minimum Gasteiger partial charge on any atom is -0.440 e. The minimum absolute atomic E-state index is 0.0542. The Labute approximate surface area is 179 Å². The van der Waals surface area contributed by atoms with Gasteiger partial charge in [-0.3, -0.25) is 20.0 Å². The maximum atomic E-state index is 13.0. The summed E-state index contributed by atoms with van der Waals surface area (Å²) in [5.41, 5.74) is 6.34. The van der Waals surface area contributed by atoms with E-state index in [0.717, 1.165) is 35.4 Å². The van der Waals surface area contributed by atoms with Crippen LogP contribution < -0.4 is 10.4 Å². The smallest absolute Gasteiger partial charge is 0.290 e. The molecular weight excluding hydrogens is 394 g/mol. The number of amides is 2. The molecular formula is C23H23N5O3. The monoisotopic (exact) mass is 417 g/mol. The van der Waals surface area contributed by atoms with Crippen molar-refractivity contribution >= 4 is 34.4 Å². The largest absolute Gasteiger partial charge is 0.440 e. The number of piperidine rings is 1. The van der Waals surface area contributed by atoms with Crippen molar-refractivity contribution < 1.29 is 14.0 Å². The molecule has 2 aliphatic rings. The number of benzene rings is 2. The number of likely N-dealkylation sites (tertiary alicyclic amines) is 1. The van der Waals surface area contributed by atoms with Gasteiger partial charge in [0.05, 0.1) is 5.69 Å². The zero-order valence-corrected chi connectivity index (χ0v) is 17.2. The van der Waals surface area contributed by atoms with E-state index in [1.807, 2.05) is 55.5 Å². The molecule has 0 atom stereocenters. The predicted octanol–water partition coefficient (Wildman–Crippen LogP) is 2.79. The summed E-state index contributed by atoms with van der Waals surface area (Å²) in [4.78, 5) is 35.9. The summed E-state index contributed by atoms with van der Waals surface area (Å²) < 4.78 is 5.91. The summed E-state index contributed by atoms with van der Waals surface area (Å²) in [6.07, 6.45) is 1.54. The zero-order valence-electron chi connectivity index (χ0n) is 17.2. The third-order valence-electron chi connectivity index (χ3n) is 5.78. The van der Waals surface area contributed by atoms with Crippen molar-refractivity contribution in [3.8, 4) is 0 Å². The van der Waals surface area contributed by atoms with Gasteiger partial charge in [0.15, 0.2) is 11.5 Å².